The third-order valence-corrected chi connectivity index (χ3v) is 6.33. The molecule has 1 amide bonds. The highest BCUT2D eigenvalue weighted by molar-refractivity contribution is 5.94. The van der Waals surface area contributed by atoms with Crippen molar-refractivity contribution in [1.29, 1.82) is 0 Å². The van der Waals surface area contributed by atoms with E-state index < -0.39 is 0 Å². The van der Waals surface area contributed by atoms with Crippen molar-refractivity contribution in [1.82, 2.24) is 20.0 Å². The molecule has 0 saturated carbocycles. The molecular weight excluding hydrogens is 348 g/mol. The predicted octanol–water partition coefficient (Wildman–Crippen LogP) is 3.48. The fourth-order valence-electron chi connectivity index (χ4n) is 4.60. The van der Waals surface area contributed by atoms with E-state index in [4.69, 9.17) is 5.10 Å². The number of carbonyl (C=O) groups excluding carboxylic acids is 1. The minimum absolute atomic E-state index is 0.141. The van der Waals surface area contributed by atoms with Gasteiger partial charge in [0, 0.05) is 43.5 Å². The Labute approximate surface area is 168 Å². The number of nitrogens with zero attached hydrogens (tertiary/aromatic N) is 3. The molecule has 1 aliphatic heterocycles. The summed E-state index contributed by atoms with van der Waals surface area (Å²) in [7, 11) is 0. The van der Waals surface area contributed by atoms with E-state index in [0.29, 0.717) is 11.7 Å². The maximum absolute atomic E-state index is 13.2. The van der Waals surface area contributed by atoms with Crippen molar-refractivity contribution in [2.45, 2.75) is 71.5 Å². The fourth-order valence-corrected chi connectivity index (χ4v) is 4.60. The lowest BCUT2D eigenvalue weighted by atomic mass is 9.90. The number of likely N-dealkylation sites (tertiary alicyclic amines) is 1. The van der Waals surface area contributed by atoms with Gasteiger partial charge in [-0.25, -0.2) is 0 Å². The lowest BCUT2D eigenvalue weighted by molar-refractivity contribution is 0.0716. The lowest BCUT2D eigenvalue weighted by Crippen LogP contribution is -2.38. The van der Waals surface area contributed by atoms with E-state index in [9.17, 15) is 4.79 Å². The van der Waals surface area contributed by atoms with E-state index in [1.54, 1.807) is 0 Å². The number of piperidine rings is 1. The van der Waals surface area contributed by atoms with Crippen LogP contribution in [0.2, 0.25) is 0 Å². The minimum Gasteiger partial charge on any atom is -0.337 e. The van der Waals surface area contributed by atoms with Gasteiger partial charge in [-0.3, -0.25) is 9.48 Å². The SMILES string of the molecule is CCn1nc(C(=O)N2CCCCC2)c2c1CCC(NCc1ccccc1C)C2. The Morgan fingerprint density at radius 3 is 2.75 bits per heavy atom. The first-order valence-corrected chi connectivity index (χ1v) is 10.8. The van der Waals surface area contributed by atoms with Crippen LogP contribution in [0.15, 0.2) is 24.3 Å². The molecule has 1 aliphatic carbocycles. The van der Waals surface area contributed by atoms with Crippen LogP contribution in [0, 0.1) is 6.92 Å². The molecule has 5 heteroatoms. The molecule has 2 aliphatic rings. The number of benzene rings is 1. The molecule has 1 fully saturated rings. The number of aryl methyl sites for hydroxylation is 2. The van der Waals surface area contributed by atoms with Gasteiger partial charge in [0.15, 0.2) is 5.69 Å². The van der Waals surface area contributed by atoms with E-state index in [2.05, 4.69) is 48.1 Å². The topological polar surface area (TPSA) is 50.2 Å². The van der Waals surface area contributed by atoms with Crippen LogP contribution in [0.5, 0.6) is 0 Å². The van der Waals surface area contributed by atoms with E-state index in [-0.39, 0.29) is 5.91 Å². The van der Waals surface area contributed by atoms with Gasteiger partial charge in [-0.05, 0) is 63.5 Å². The molecule has 150 valence electrons. The molecule has 1 aromatic carbocycles. The van der Waals surface area contributed by atoms with Gasteiger partial charge in [0.05, 0.1) is 0 Å². The van der Waals surface area contributed by atoms with Crippen LogP contribution < -0.4 is 5.32 Å². The Kier molecular flexibility index (Phi) is 5.81. The van der Waals surface area contributed by atoms with Gasteiger partial charge in [-0.1, -0.05) is 24.3 Å². The average Bonchev–Trinajstić information content (AvgIpc) is 3.11. The summed E-state index contributed by atoms with van der Waals surface area (Å²) in [6, 6.07) is 8.94. The van der Waals surface area contributed by atoms with Gasteiger partial charge >= 0.3 is 0 Å². The maximum Gasteiger partial charge on any atom is 0.274 e. The van der Waals surface area contributed by atoms with Crippen LogP contribution in [0.25, 0.3) is 0 Å². The van der Waals surface area contributed by atoms with E-state index in [0.717, 1.165) is 58.3 Å². The van der Waals surface area contributed by atoms with Crippen molar-refractivity contribution in [3.8, 4) is 0 Å². The number of hydrogen-bond donors (Lipinski definition) is 1. The molecule has 28 heavy (non-hydrogen) atoms. The third-order valence-electron chi connectivity index (χ3n) is 6.33. The molecule has 1 saturated heterocycles. The van der Waals surface area contributed by atoms with Crippen LogP contribution in [-0.2, 0) is 25.9 Å². The number of fused-ring (bicyclic) bond motifs is 1. The summed E-state index contributed by atoms with van der Waals surface area (Å²) in [5.41, 5.74) is 5.84. The van der Waals surface area contributed by atoms with Gasteiger partial charge in [0.1, 0.15) is 0 Å². The smallest absolute Gasteiger partial charge is 0.274 e. The highest BCUT2D eigenvalue weighted by Crippen LogP contribution is 2.27. The Morgan fingerprint density at radius 1 is 1.21 bits per heavy atom. The quantitative estimate of drug-likeness (QED) is 0.864. The van der Waals surface area contributed by atoms with Crippen molar-refractivity contribution in [2.75, 3.05) is 13.1 Å². The first-order chi connectivity index (χ1) is 13.7. The number of nitrogens with one attached hydrogen (secondary N) is 1. The van der Waals surface area contributed by atoms with Crippen molar-refractivity contribution in [3.63, 3.8) is 0 Å². The molecule has 4 rings (SSSR count). The molecule has 1 unspecified atom stereocenters. The normalized spacial score (nSPS) is 19.5. The van der Waals surface area contributed by atoms with Crippen LogP contribution in [0.1, 0.15) is 65.5 Å². The zero-order chi connectivity index (χ0) is 19.5. The van der Waals surface area contributed by atoms with E-state index >= 15 is 0 Å². The van der Waals surface area contributed by atoms with E-state index in [1.165, 1.54) is 28.8 Å². The van der Waals surface area contributed by atoms with Crippen LogP contribution in [0.3, 0.4) is 0 Å². The molecule has 1 aromatic heterocycles. The molecule has 1 atom stereocenters. The summed E-state index contributed by atoms with van der Waals surface area (Å²) < 4.78 is 2.06. The molecule has 5 nitrogen and oxygen atoms in total. The summed E-state index contributed by atoms with van der Waals surface area (Å²) in [4.78, 5) is 15.2. The average molecular weight is 381 g/mol. The molecule has 2 heterocycles. The van der Waals surface area contributed by atoms with Gasteiger partial charge in [-0.15, -0.1) is 0 Å². The second-order valence-electron chi connectivity index (χ2n) is 8.19. The van der Waals surface area contributed by atoms with Crippen LogP contribution in [0.4, 0.5) is 0 Å². The van der Waals surface area contributed by atoms with Crippen molar-refractivity contribution < 1.29 is 4.79 Å². The van der Waals surface area contributed by atoms with Crippen LogP contribution in [-0.4, -0.2) is 39.7 Å². The molecular formula is C23H32N4O. The molecule has 2 aromatic rings. The molecule has 1 N–H and O–H groups in total. The van der Waals surface area contributed by atoms with E-state index in [1.807, 2.05) is 4.90 Å². The number of amides is 1. The largest absolute Gasteiger partial charge is 0.337 e. The highest BCUT2D eigenvalue weighted by Gasteiger charge is 2.31. The third kappa shape index (κ3) is 3.86. The van der Waals surface area contributed by atoms with Crippen LogP contribution >= 0.6 is 0 Å². The monoisotopic (exact) mass is 380 g/mol. The number of hydrogen-bond acceptors (Lipinski definition) is 3. The number of rotatable bonds is 5. The lowest BCUT2D eigenvalue weighted by Gasteiger charge is -2.28. The fraction of sp³-hybridized carbons (Fsp3) is 0.565. The molecule has 0 spiro atoms. The standard InChI is InChI=1S/C23H32N4O/c1-3-27-21-12-11-19(24-16-18-10-6-5-9-17(18)2)15-20(21)22(25-27)23(28)26-13-7-4-8-14-26/h5-6,9-10,19,24H,3-4,7-8,11-16H2,1-2H3. The summed E-state index contributed by atoms with van der Waals surface area (Å²) in [6.07, 6.45) is 6.45. The second-order valence-corrected chi connectivity index (χ2v) is 8.19. The first kappa shape index (κ1) is 19.2. The van der Waals surface area contributed by atoms with Crippen molar-refractivity contribution in [2.24, 2.45) is 0 Å². The van der Waals surface area contributed by atoms with Gasteiger partial charge < -0.3 is 10.2 Å². The zero-order valence-corrected chi connectivity index (χ0v) is 17.2. The number of carbonyl (C=O) groups is 1. The summed E-state index contributed by atoms with van der Waals surface area (Å²) >= 11 is 0. The Balaban J connectivity index is 1.51. The molecule has 0 bridgehead atoms. The van der Waals surface area contributed by atoms with Gasteiger partial charge in [0.25, 0.3) is 5.91 Å². The predicted molar refractivity (Wildman–Crippen MR) is 111 cm³/mol. The van der Waals surface area contributed by atoms with Gasteiger partial charge in [-0.2, -0.15) is 5.10 Å². The highest BCUT2D eigenvalue weighted by atomic mass is 16.2. The van der Waals surface area contributed by atoms with Gasteiger partial charge in [0.2, 0.25) is 0 Å². The summed E-state index contributed by atoms with van der Waals surface area (Å²) in [6.45, 7) is 7.74. The Bertz CT molecular complexity index is 835. The first-order valence-electron chi connectivity index (χ1n) is 10.8. The number of aromatic nitrogens is 2. The van der Waals surface area contributed by atoms with Crippen molar-refractivity contribution >= 4 is 5.91 Å². The summed E-state index contributed by atoms with van der Waals surface area (Å²) in [5.74, 6) is 0.141. The molecule has 0 radical (unpaired) electrons. The zero-order valence-electron chi connectivity index (χ0n) is 17.2. The Morgan fingerprint density at radius 2 is 2.00 bits per heavy atom. The Hall–Kier alpha value is -2.14. The second kappa shape index (κ2) is 8.48. The maximum atomic E-state index is 13.2. The summed E-state index contributed by atoms with van der Waals surface area (Å²) in [5, 5.41) is 8.48. The van der Waals surface area contributed by atoms with Crippen molar-refractivity contribution in [3.05, 3.63) is 52.3 Å². The minimum atomic E-state index is 0.141.